The molecule has 42 heavy (non-hydrogen) atoms. The Balaban J connectivity index is 1.41. The van der Waals surface area contributed by atoms with Crippen LogP contribution in [0.4, 0.5) is 11.8 Å². The number of amides is 1. The molecule has 4 aromatic heterocycles. The number of hydrogen-bond acceptors (Lipinski definition) is 8. The lowest BCUT2D eigenvalue weighted by Gasteiger charge is -2.16. The van der Waals surface area contributed by atoms with Gasteiger partial charge in [-0.2, -0.15) is 10.1 Å². The Bertz CT molecular complexity index is 2230. The van der Waals surface area contributed by atoms with Crippen molar-refractivity contribution in [1.29, 1.82) is 0 Å². The van der Waals surface area contributed by atoms with E-state index in [2.05, 4.69) is 20.3 Å². The van der Waals surface area contributed by atoms with Crippen molar-refractivity contribution in [1.82, 2.24) is 29.3 Å². The number of aromatic nitrogens is 6. The summed E-state index contributed by atoms with van der Waals surface area (Å²) in [5, 5.41) is 9.58. The van der Waals surface area contributed by atoms with Crippen LogP contribution in [0.2, 0.25) is 0 Å². The highest BCUT2D eigenvalue weighted by Crippen LogP contribution is 2.33. The summed E-state index contributed by atoms with van der Waals surface area (Å²) < 4.78 is 9.08. The van der Waals surface area contributed by atoms with Gasteiger partial charge < -0.3 is 10.2 Å². The highest BCUT2D eigenvalue weighted by Gasteiger charge is 2.21. The summed E-state index contributed by atoms with van der Waals surface area (Å²) in [5.74, 6) is -0.00992. The van der Waals surface area contributed by atoms with E-state index in [4.69, 9.17) is 15.2 Å². The number of fused-ring (bicyclic) bond motifs is 3. The van der Waals surface area contributed by atoms with E-state index < -0.39 is 0 Å². The molecule has 206 valence electrons. The van der Waals surface area contributed by atoms with Crippen molar-refractivity contribution in [2.45, 2.75) is 20.4 Å². The van der Waals surface area contributed by atoms with Crippen LogP contribution in [0.5, 0.6) is 0 Å². The van der Waals surface area contributed by atoms with E-state index in [0.29, 0.717) is 38.8 Å². The fourth-order valence-electron chi connectivity index (χ4n) is 5.34. The molecule has 11 nitrogen and oxygen atoms in total. The Morgan fingerprint density at radius 3 is 2.64 bits per heavy atom. The van der Waals surface area contributed by atoms with Crippen molar-refractivity contribution in [2.24, 2.45) is 0 Å². The molecule has 0 bridgehead atoms. The third kappa shape index (κ3) is 4.15. The predicted molar refractivity (Wildman–Crippen MR) is 160 cm³/mol. The Kier molecular flexibility index (Phi) is 5.79. The molecule has 7 aromatic rings. The maximum absolute atomic E-state index is 13.9. The van der Waals surface area contributed by atoms with Crippen molar-refractivity contribution in [3.63, 3.8) is 0 Å². The van der Waals surface area contributed by atoms with E-state index in [1.165, 1.54) is 13.3 Å². The van der Waals surface area contributed by atoms with Gasteiger partial charge in [0.2, 0.25) is 5.91 Å². The maximum Gasteiger partial charge on any atom is 0.302 e. The molecule has 0 saturated carbocycles. The van der Waals surface area contributed by atoms with Crippen molar-refractivity contribution >= 4 is 50.6 Å². The second kappa shape index (κ2) is 9.66. The van der Waals surface area contributed by atoms with Crippen LogP contribution in [0.25, 0.3) is 49.9 Å². The summed E-state index contributed by atoms with van der Waals surface area (Å²) >= 11 is 0. The van der Waals surface area contributed by atoms with Gasteiger partial charge in [0.05, 0.1) is 17.3 Å². The number of pyridine rings is 1. The van der Waals surface area contributed by atoms with Crippen LogP contribution in [0.15, 0.2) is 88.3 Å². The summed E-state index contributed by atoms with van der Waals surface area (Å²) in [6.45, 7) is 3.56. The first-order chi connectivity index (χ1) is 20.4. The van der Waals surface area contributed by atoms with Gasteiger partial charge in [0.25, 0.3) is 5.56 Å². The van der Waals surface area contributed by atoms with Gasteiger partial charge in [-0.1, -0.05) is 36.4 Å². The number of benzene rings is 3. The quantitative estimate of drug-likeness (QED) is 0.306. The first-order valence-electron chi connectivity index (χ1n) is 13.2. The largest absolute Gasteiger partial charge is 0.423 e. The number of rotatable bonds is 5. The van der Waals surface area contributed by atoms with Crippen LogP contribution in [0.3, 0.4) is 0 Å². The van der Waals surface area contributed by atoms with E-state index in [1.807, 2.05) is 67.6 Å². The third-order valence-electron chi connectivity index (χ3n) is 7.16. The minimum absolute atomic E-state index is 0.107. The van der Waals surface area contributed by atoms with E-state index >= 15 is 0 Å². The van der Waals surface area contributed by atoms with Crippen LogP contribution >= 0.6 is 0 Å². The third-order valence-corrected chi connectivity index (χ3v) is 7.16. The van der Waals surface area contributed by atoms with Crippen LogP contribution in [-0.4, -0.2) is 35.2 Å². The normalized spacial score (nSPS) is 11.5. The number of hydrogen-bond donors (Lipinski definition) is 2. The molecule has 1 amide bonds. The molecule has 0 aliphatic carbocycles. The number of oxazole rings is 1. The van der Waals surface area contributed by atoms with Crippen LogP contribution < -0.4 is 16.6 Å². The molecule has 0 unspecified atom stereocenters. The van der Waals surface area contributed by atoms with Crippen molar-refractivity contribution < 1.29 is 9.21 Å². The number of nitrogens with zero attached hydrogens (tertiary/aromatic N) is 6. The smallest absolute Gasteiger partial charge is 0.302 e. The number of nitrogens with two attached hydrogens (primary N) is 1. The molecule has 11 heteroatoms. The second-order valence-corrected chi connectivity index (χ2v) is 10.00. The van der Waals surface area contributed by atoms with Crippen molar-refractivity contribution in [2.75, 3.05) is 11.1 Å². The van der Waals surface area contributed by atoms with Crippen molar-refractivity contribution in [3.05, 3.63) is 101 Å². The van der Waals surface area contributed by atoms with E-state index in [9.17, 15) is 9.59 Å². The molecular formula is C31H24N8O3. The van der Waals surface area contributed by atoms with Gasteiger partial charge in [-0.3, -0.25) is 19.5 Å². The summed E-state index contributed by atoms with van der Waals surface area (Å²) in [6, 6.07) is 22.9. The molecule has 0 fully saturated rings. The number of aryl methyl sites for hydroxylation is 1. The lowest BCUT2D eigenvalue weighted by atomic mass is 10.1. The predicted octanol–water partition coefficient (Wildman–Crippen LogP) is 4.84. The summed E-state index contributed by atoms with van der Waals surface area (Å²) in [4.78, 5) is 38.5. The van der Waals surface area contributed by atoms with Gasteiger partial charge in [-0.05, 0) is 54.3 Å². The highest BCUT2D eigenvalue weighted by atomic mass is 16.4. The summed E-state index contributed by atoms with van der Waals surface area (Å²) in [6.07, 6.45) is 1.40. The van der Waals surface area contributed by atoms with E-state index in [0.717, 1.165) is 22.3 Å². The van der Waals surface area contributed by atoms with Crippen LogP contribution in [-0.2, 0) is 11.3 Å². The standard InChI is InChI=1S/C31H24N8O3/c1-17-7-6-8-19-13-22(39(30(41)25(17)19)21-9-4-3-5-10-21)15-38-29-26(28(32)33-16-34-29)27(37-38)20-11-12-24-23(14-20)36-31(42-24)35-18(2)40/h3-14,16H,15H2,1-2H3,(H2,32,33,34)(H,35,36,40). The van der Waals surface area contributed by atoms with Crippen LogP contribution in [0, 0.1) is 6.92 Å². The maximum atomic E-state index is 13.9. The minimum Gasteiger partial charge on any atom is -0.423 e. The SMILES string of the molecule is CC(=O)Nc1nc2cc(-c3nn(Cc4cc5cccc(C)c5c(=O)n4-c4ccccc4)c4ncnc(N)c34)ccc2o1. The zero-order valence-corrected chi connectivity index (χ0v) is 22.7. The number of nitrogens with one attached hydrogen (secondary N) is 1. The molecule has 3 aromatic carbocycles. The minimum atomic E-state index is -0.283. The lowest BCUT2D eigenvalue weighted by molar-refractivity contribution is -0.114. The van der Waals surface area contributed by atoms with Gasteiger partial charge in [0.1, 0.15) is 23.4 Å². The molecule has 4 heterocycles. The number of carbonyl (C=O) groups is 1. The Labute approximate surface area is 238 Å². The first-order valence-corrected chi connectivity index (χ1v) is 13.2. The van der Waals surface area contributed by atoms with Gasteiger partial charge >= 0.3 is 6.01 Å². The Morgan fingerprint density at radius 2 is 1.83 bits per heavy atom. The Morgan fingerprint density at radius 1 is 1.00 bits per heavy atom. The zero-order valence-electron chi connectivity index (χ0n) is 22.7. The van der Waals surface area contributed by atoms with Gasteiger partial charge in [-0.25, -0.2) is 14.6 Å². The molecule has 0 aliphatic heterocycles. The molecular weight excluding hydrogens is 532 g/mol. The van der Waals surface area contributed by atoms with Gasteiger partial charge in [-0.15, -0.1) is 0 Å². The fourth-order valence-corrected chi connectivity index (χ4v) is 5.34. The average Bonchev–Trinajstić information content (AvgIpc) is 3.54. The molecule has 0 aliphatic rings. The van der Waals surface area contributed by atoms with Gasteiger partial charge in [0.15, 0.2) is 11.2 Å². The molecule has 7 rings (SSSR count). The number of anilines is 2. The fraction of sp³-hybridized carbons (Fsp3) is 0.0968. The number of nitrogen functional groups attached to an aromatic ring is 1. The average molecular weight is 557 g/mol. The molecule has 0 radical (unpaired) electrons. The van der Waals surface area contributed by atoms with Crippen LogP contribution in [0.1, 0.15) is 18.2 Å². The molecule has 3 N–H and O–H groups in total. The topological polar surface area (TPSA) is 147 Å². The highest BCUT2D eigenvalue weighted by molar-refractivity contribution is 5.99. The zero-order chi connectivity index (χ0) is 29.0. The molecule has 0 atom stereocenters. The van der Waals surface area contributed by atoms with Gasteiger partial charge in [0, 0.05) is 23.9 Å². The lowest BCUT2D eigenvalue weighted by Crippen LogP contribution is -2.24. The molecule has 0 spiro atoms. The monoisotopic (exact) mass is 556 g/mol. The van der Waals surface area contributed by atoms with E-state index in [-0.39, 0.29) is 29.8 Å². The second-order valence-electron chi connectivity index (χ2n) is 10.00. The summed E-state index contributed by atoms with van der Waals surface area (Å²) in [5.41, 5.74) is 11.5. The van der Waals surface area contributed by atoms with Crippen molar-refractivity contribution in [3.8, 4) is 16.9 Å². The van der Waals surface area contributed by atoms with E-state index in [1.54, 1.807) is 21.4 Å². The number of carbonyl (C=O) groups excluding carboxylic acids is 1. The number of para-hydroxylation sites is 1. The Hall–Kier alpha value is -5.84. The molecule has 0 saturated heterocycles. The summed E-state index contributed by atoms with van der Waals surface area (Å²) in [7, 11) is 0. The first kappa shape index (κ1) is 25.1.